The summed E-state index contributed by atoms with van der Waals surface area (Å²) in [4.78, 5) is 0.237. The number of sulfonamides is 1. The molecule has 0 radical (unpaired) electrons. The van der Waals surface area contributed by atoms with E-state index in [2.05, 4.69) is 4.72 Å². The van der Waals surface area contributed by atoms with E-state index in [0.717, 1.165) is 11.1 Å². The molecule has 2 aromatic rings. The van der Waals surface area contributed by atoms with E-state index >= 15 is 0 Å². The lowest BCUT2D eigenvalue weighted by Gasteiger charge is -2.12. The highest BCUT2D eigenvalue weighted by Crippen LogP contribution is 2.27. The summed E-state index contributed by atoms with van der Waals surface area (Å²) >= 11 is 0. The molecule has 0 amide bonds. The van der Waals surface area contributed by atoms with Gasteiger partial charge in [0.1, 0.15) is 5.75 Å². The van der Waals surface area contributed by atoms with Crippen LogP contribution in [0.25, 0.3) is 0 Å². The topological polar surface area (TPSA) is 55.4 Å². The first kappa shape index (κ1) is 14.4. The summed E-state index contributed by atoms with van der Waals surface area (Å²) in [6.45, 7) is 3.75. The maximum Gasteiger partial charge on any atom is 0.262 e. The Morgan fingerprint density at radius 2 is 1.70 bits per heavy atom. The second-order valence-electron chi connectivity index (χ2n) is 4.63. The van der Waals surface area contributed by atoms with Crippen LogP contribution in [0.1, 0.15) is 11.1 Å². The van der Waals surface area contributed by atoms with Gasteiger partial charge in [0, 0.05) is 0 Å². The van der Waals surface area contributed by atoms with Crippen LogP contribution in [0.4, 0.5) is 5.69 Å². The van der Waals surface area contributed by atoms with Crippen molar-refractivity contribution in [2.45, 2.75) is 18.7 Å². The Hall–Kier alpha value is -2.01. The van der Waals surface area contributed by atoms with E-state index in [1.165, 1.54) is 7.11 Å². The molecule has 0 aliphatic rings. The summed E-state index contributed by atoms with van der Waals surface area (Å²) in [5.74, 6) is 0.492. The number of methoxy groups -OCH3 is 1. The minimum Gasteiger partial charge on any atom is -0.495 e. The number of benzene rings is 2. The average Bonchev–Trinajstić information content (AvgIpc) is 2.38. The number of aryl methyl sites for hydroxylation is 2. The van der Waals surface area contributed by atoms with Gasteiger partial charge in [-0.3, -0.25) is 4.72 Å². The van der Waals surface area contributed by atoms with Crippen LogP contribution in [0.15, 0.2) is 47.4 Å². The van der Waals surface area contributed by atoms with Crippen molar-refractivity contribution in [2.75, 3.05) is 11.8 Å². The minimum absolute atomic E-state index is 0.237. The second-order valence-corrected chi connectivity index (χ2v) is 6.31. The molecule has 0 saturated heterocycles. The Balaban J connectivity index is 2.40. The van der Waals surface area contributed by atoms with Gasteiger partial charge in [-0.05, 0) is 49.2 Å². The minimum atomic E-state index is -3.62. The zero-order valence-electron chi connectivity index (χ0n) is 11.7. The molecule has 0 aliphatic heterocycles. The number of hydrogen-bond acceptors (Lipinski definition) is 3. The van der Waals surface area contributed by atoms with Gasteiger partial charge < -0.3 is 4.74 Å². The van der Waals surface area contributed by atoms with Gasteiger partial charge in [0.05, 0.1) is 17.7 Å². The fourth-order valence-electron chi connectivity index (χ4n) is 1.89. The van der Waals surface area contributed by atoms with Gasteiger partial charge in [0.15, 0.2) is 0 Å². The molecule has 20 heavy (non-hydrogen) atoms. The molecule has 0 aromatic heterocycles. The molecule has 0 saturated carbocycles. The summed E-state index contributed by atoms with van der Waals surface area (Å²) in [6.07, 6.45) is 0. The van der Waals surface area contributed by atoms with Crippen molar-refractivity contribution in [3.05, 3.63) is 53.6 Å². The zero-order valence-corrected chi connectivity index (χ0v) is 12.5. The van der Waals surface area contributed by atoms with E-state index in [9.17, 15) is 8.42 Å². The summed E-state index contributed by atoms with van der Waals surface area (Å²) < 4.78 is 32.5. The van der Waals surface area contributed by atoms with Crippen molar-refractivity contribution >= 4 is 15.7 Å². The highest BCUT2D eigenvalue weighted by Gasteiger charge is 2.16. The molecule has 0 aliphatic carbocycles. The Morgan fingerprint density at radius 1 is 1.00 bits per heavy atom. The monoisotopic (exact) mass is 291 g/mol. The highest BCUT2D eigenvalue weighted by atomic mass is 32.2. The smallest absolute Gasteiger partial charge is 0.262 e. The van der Waals surface area contributed by atoms with Crippen LogP contribution in [0.2, 0.25) is 0 Å². The van der Waals surface area contributed by atoms with Crippen LogP contribution in [0, 0.1) is 13.8 Å². The van der Waals surface area contributed by atoms with Crippen molar-refractivity contribution in [1.29, 1.82) is 0 Å². The van der Waals surface area contributed by atoms with Crippen LogP contribution in [0.5, 0.6) is 5.75 Å². The lowest BCUT2D eigenvalue weighted by Crippen LogP contribution is -2.13. The average molecular weight is 291 g/mol. The van der Waals surface area contributed by atoms with E-state index in [-0.39, 0.29) is 4.90 Å². The predicted molar refractivity (Wildman–Crippen MR) is 79.7 cm³/mol. The molecule has 2 aromatic carbocycles. The predicted octanol–water partition coefficient (Wildman–Crippen LogP) is 3.11. The highest BCUT2D eigenvalue weighted by molar-refractivity contribution is 7.92. The van der Waals surface area contributed by atoms with Gasteiger partial charge in [0.2, 0.25) is 0 Å². The quantitative estimate of drug-likeness (QED) is 0.941. The molecule has 106 valence electrons. The third-order valence-electron chi connectivity index (χ3n) is 2.90. The molecular weight excluding hydrogens is 274 g/mol. The van der Waals surface area contributed by atoms with Gasteiger partial charge in [-0.25, -0.2) is 8.42 Å². The number of rotatable bonds is 4. The van der Waals surface area contributed by atoms with Crippen molar-refractivity contribution in [3.8, 4) is 5.75 Å². The van der Waals surface area contributed by atoms with Crippen molar-refractivity contribution in [2.24, 2.45) is 0 Å². The van der Waals surface area contributed by atoms with Crippen LogP contribution < -0.4 is 9.46 Å². The Bertz CT molecular complexity index is 724. The van der Waals surface area contributed by atoms with Gasteiger partial charge in [0.25, 0.3) is 10.0 Å². The SMILES string of the molecule is COc1ccc(C)cc1NS(=O)(=O)c1cccc(C)c1. The maximum atomic E-state index is 12.4. The van der Waals surface area contributed by atoms with Crippen molar-refractivity contribution in [1.82, 2.24) is 0 Å². The third-order valence-corrected chi connectivity index (χ3v) is 4.26. The number of anilines is 1. The molecule has 5 heteroatoms. The lowest BCUT2D eigenvalue weighted by atomic mass is 10.2. The molecular formula is C15H17NO3S. The number of hydrogen-bond donors (Lipinski definition) is 1. The molecule has 2 rings (SSSR count). The standard InChI is InChI=1S/C15H17NO3S/c1-11-5-4-6-13(9-11)20(17,18)16-14-10-12(2)7-8-15(14)19-3/h4-10,16H,1-3H3. The Labute approximate surface area is 119 Å². The molecule has 4 nitrogen and oxygen atoms in total. The summed E-state index contributed by atoms with van der Waals surface area (Å²) in [7, 11) is -2.11. The first-order valence-electron chi connectivity index (χ1n) is 6.16. The fraction of sp³-hybridized carbons (Fsp3) is 0.200. The first-order chi connectivity index (χ1) is 9.42. The molecule has 0 bridgehead atoms. The van der Waals surface area contributed by atoms with Gasteiger partial charge in [-0.15, -0.1) is 0 Å². The molecule has 0 unspecified atom stereocenters. The van der Waals surface area contributed by atoms with E-state index < -0.39 is 10.0 Å². The van der Waals surface area contributed by atoms with Gasteiger partial charge >= 0.3 is 0 Å². The molecule has 0 fully saturated rings. The summed E-state index contributed by atoms with van der Waals surface area (Å²) in [5.41, 5.74) is 2.28. The first-order valence-corrected chi connectivity index (χ1v) is 7.65. The molecule has 0 heterocycles. The van der Waals surface area contributed by atoms with E-state index in [1.807, 2.05) is 26.0 Å². The zero-order chi connectivity index (χ0) is 14.8. The largest absolute Gasteiger partial charge is 0.495 e. The van der Waals surface area contributed by atoms with E-state index in [1.54, 1.807) is 30.3 Å². The third kappa shape index (κ3) is 3.11. The van der Waals surface area contributed by atoms with Crippen molar-refractivity contribution < 1.29 is 13.2 Å². The maximum absolute atomic E-state index is 12.4. The lowest BCUT2D eigenvalue weighted by molar-refractivity contribution is 0.417. The van der Waals surface area contributed by atoms with Crippen LogP contribution in [-0.2, 0) is 10.0 Å². The number of nitrogens with one attached hydrogen (secondary N) is 1. The number of ether oxygens (including phenoxy) is 1. The molecule has 0 atom stereocenters. The Kier molecular flexibility index (Phi) is 3.99. The fourth-order valence-corrected chi connectivity index (χ4v) is 3.05. The van der Waals surface area contributed by atoms with Crippen LogP contribution >= 0.6 is 0 Å². The second kappa shape index (κ2) is 5.54. The normalized spacial score (nSPS) is 11.2. The van der Waals surface area contributed by atoms with Gasteiger partial charge in [-0.1, -0.05) is 18.2 Å². The molecule has 0 spiro atoms. The Morgan fingerprint density at radius 3 is 2.35 bits per heavy atom. The van der Waals surface area contributed by atoms with Crippen LogP contribution in [-0.4, -0.2) is 15.5 Å². The molecule has 1 N–H and O–H groups in total. The van der Waals surface area contributed by atoms with E-state index in [0.29, 0.717) is 11.4 Å². The van der Waals surface area contributed by atoms with Crippen LogP contribution in [0.3, 0.4) is 0 Å². The summed E-state index contributed by atoms with van der Waals surface area (Å²) in [5, 5.41) is 0. The summed E-state index contributed by atoms with van der Waals surface area (Å²) in [6, 6.07) is 12.1. The van der Waals surface area contributed by atoms with E-state index in [4.69, 9.17) is 4.74 Å². The van der Waals surface area contributed by atoms with Gasteiger partial charge in [-0.2, -0.15) is 0 Å². The van der Waals surface area contributed by atoms with Crippen molar-refractivity contribution in [3.63, 3.8) is 0 Å².